The number of likely N-dealkylation sites (N-methyl/N-ethyl adjacent to an activating group) is 1. The summed E-state index contributed by atoms with van der Waals surface area (Å²) in [5.41, 5.74) is 0. The van der Waals surface area contributed by atoms with Crippen LogP contribution in [0.5, 0.6) is 0 Å². The Hall–Kier alpha value is -0.610. The minimum atomic E-state index is 0.0253. The lowest BCUT2D eigenvalue weighted by atomic mass is 10.1. The zero-order valence-corrected chi connectivity index (χ0v) is 9.62. The van der Waals surface area contributed by atoms with Crippen molar-refractivity contribution in [2.45, 2.75) is 32.4 Å². The van der Waals surface area contributed by atoms with Gasteiger partial charge in [0.2, 0.25) is 5.91 Å². The molecule has 2 heterocycles. The molecule has 2 aliphatic heterocycles. The molecule has 1 unspecified atom stereocenters. The molecule has 0 radical (unpaired) electrons. The summed E-state index contributed by atoms with van der Waals surface area (Å²) in [7, 11) is 0. The fourth-order valence-corrected chi connectivity index (χ4v) is 2.69. The van der Waals surface area contributed by atoms with Crippen LogP contribution in [0.4, 0.5) is 0 Å². The van der Waals surface area contributed by atoms with Crippen LogP contribution in [0.3, 0.4) is 0 Å². The quantitative estimate of drug-likeness (QED) is 0.680. The molecule has 4 nitrogen and oxygen atoms in total. The minimum absolute atomic E-state index is 0.0253. The van der Waals surface area contributed by atoms with E-state index in [1.54, 1.807) is 0 Å². The number of nitrogens with one attached hydrogen (secondary N) is 2. The molecule has 3 atom stereocenters. The van der Waals surface area contributed by atoms with E-state index in [1.807, 2.05) is 13.8 Å². The van der Waals surface area contributed by atoms with Crippen LogP contribution < -0.4 is 10.6 Å². The van der Waals surface area contributed by atoms with Crippen LogP contribution in [0.25, 0.3) is 0 Å². The van der Waals surface area contributed by atoms with Gasteiger partial charge in [-0.05, 0) is 32.7 Å². The first-order valence-corrected chi connectivity index (χ1v) is 5.97. The van der Waals surface area contributed by atoms with Crippen molar-refractivity contribution >= 4 is 5.91 Å². The lowest BCUT2D eigenvalue weighted by molar-refractivity contribution is -0.125. The van der Waals surface area contributed by atoms with Crippen molar-refractivity contribution in [1.82, 2.24) is 15.5 Å². The smallest absolute Gasteiger partial charge is 0.237 e. The van der Waals surface area contributed by atoms with E-state index in [1.165, 1.54) is 6.42 Å². The van der Waals surface area contributed by atoms with Gasteiger partial charge in [0.1, 0.15) is 0 Å². The second-order valence-corrected chi connectivity index (χ2v) is 4.63. The van der Waals surface area contributed by atoms with E-state index in [9.17, 15) is 4.79 Å². The molecular weight excluding hydrogens is 190 g/mol. The highest BCUT2D eigenvalue weighted by molar-refractivity contribution is 5.81. The van der Waals surface area contributed by atoms with Gasteiger partial charge in [-0.25, -0.2) is 0 Å². The van der Waals surface area contributed by atoms with E-state index in [2.05, 4.69) is 15.5 Å². The third-order valence-corrected chi connectivity index (χ3v) is 3.67. The van der Waals surface area contributed by atoms with Crippen molar-refractivity contribution in [3.8, 4) is 0 Å². The second-order valence-electron chi connectivity index (χ2n) is 4.63. The summed E-state index contributed by atoms with van der Waals surface area (Å²) in [6.07, 6.45) is 1.27. The predicted molar refractivity (Wildman–Crippen MR) is 59.6 cm³/mol. The Bertz CT molecular complexity index is 232. The summed E-state index contributed by atoms with van der Waals surface area (Å²) in [5, 5.41) is 6.39. The van der Waals surface area contributed by atoms with E-state index in [0.29, 0.717) is 6.04 Å². The zero-order chi connectivity index (χ0) is 10.8. The van der Waals surface area contributed by atoms with Crippen LogP contribution in [0.1, 0.15) is 20.3 Å². The number of hydrogen-bond donors (Lipinski definition) is 2. The van der Waals surface area contributed by atoms with Gasteiger partial charge in [0, 0.05) is 25.7 Å². The standard InChI is InChI=1S/C11H21N3O/c1-3-12-11(15)8(2)14-6-9-4-5-13-10(9)7-14/h8-10,13H,3-7H2,1-2H3,(H,12,15)/t8?,9-,10+/m0/s1. The highest BCUT2D eigenvalue weighted by Crippen LogP contribution is 2.25. The summed E-state index contributed by atoms with van der Waals surface area (Å²) in [6.45, 7) is 7.96. The summed E-state index contributed by atoms with van der Waals surface area (Å²) in [5.74, 6) is 0.930. The predicted octanol–water partition coefficient (Wildman–Crippen LogP) is -0.195. The molecule has 2 saturated heterocycles. The van der Waals surface area contributed by atoms with E-state index in [0.717, 1.165) is 32.1 Å². The number of amides is 1. The number of carbonyl (C=O) groups is 1. The maximum atomic E-state index is 11.7. The molecule has 15 heavy (non-hydrogen) atoms. The average Bonchev–Trinajstić information content (AvgIpc) is 2.75. The van der Waals surface area contributed by atoms with Crippen molar-refractivity contribution in [1.29, 1.82) is 0 Å². The molecule has 4 heteroatoms. The Balaban J connectivity index is 1.87. The van der Waals surface area contributed by atoms with E-state index >= 15 is 0 Å². The van der Waals surface area contributed by atoms with Gasteiger partial charge in [0.15, 0.2) is 0 Å². The van der Waals surface area contributed by atoms with Crippen LogP contribution in [0.15, 0.2) is 0 Å². The van der Waals surface area contributed by atoms with Gasteiger partial charge in [-0.2, -0.15) is 0 Å². The Kier molecular flexibility index (Phi) is 3.26. The number of nitrogens with zero attached hydrogens (tertiary/aromatic N) is 1. The Morgan fingerprint density at radius 1 is 1.60 bits per heavy atom. The zero-order valence-electron chi connectivity index (χ0n) is 9.62. The first-order valence-electron chi connectivity index (χ1n) is 5.97. The van der Waals surface area contributed by atoms with Crippen molar-refractivity contribution in [2.75, 3.05) is 26.2 Å². The fraction of sp³-hybridized carbons (Fsp3) is 0.909. The lowest BCUT2D eigenvalue weighted by Crippen LogP contribution is -2.45. The average molecular weight is 211 g/mol. The van der Waals surface area contributed by atoms with Gasteiger partial charge < -0.3 is 10.6 Å². The third kappa shape index (κ3) is 2.16. The molecule has 0 bridgehead atoms. The number of hydrogen-bond acceptors (Lipinski definition) is 3. The first kappa shape index (κ1) is 10.9. The molecule has 86 valence electrons. The molecule has 0 aliphatic carbocycles. The van der Waals surface area contributed by atoms with Crippen molar-refractivity contribution in [2.24, 2.45) is 5.92 Å². The number of rotatable bonds is 3. The van der Waals surface area contributed by atoms with Crippen LogP contribution in [-0.2, 0) is 4.79 Å². The molecule has 0 aromatic carbocycles. The monoisotopic (exact) mass is 211 g/mol. The molecule has 0 aromatic heterocycles. The van der Waals surface area contributed by atoms with Crippen LogP contribution >= 0.6 is 0 Å². The van der Waals surface area contributed by atoms with E-state index in [4.69, 9.17) is 0 Å². The normalized spacial score (nSPS) is 32.7. The molecule has 2 rings (SSSR count). The summed E-state index contributed by atoms with van der Waals surface area (Å²) in [6, 6.07) is 0.652. The number of fused-ring (bicyclic) bond motifs is 1. The second kappa shape index (κ2) is 4.49. The highest BCUT2D eigenvalue weighted by Gasteiger charge is 2.38. The van der Waals surface area contributed by atoms with Gasteiger partial charge in [-0.3, -0.25) is 9.69 Å². The van der Waals surface area contributed by atoms with Crippen LogP contribution in [0, 0.1) is 5.92 Å². The van der Waals surface area contributed by atoms with Crippen molar-refractivity contribution < 1.29 is 4.79 Å². The summed E-state index contributed by atoms with van der Waals surface area (Å²) >= 11 is 0. The molecule has 2 N–H and O–H groups in total. The minimum Gasteiger partial charge on any atom is -0.355 e. The van der Waals surface area contributed by atoms with Gasteiger partial charge in [-0.15, -0.1) is 0 Å². The molecule has 0 spiro atoms. The SMILES string of the molecule is CCNC(=O)C(C)N1C[C@@H]2CCN[C@@H]2C1. The highest BCUT2D eigenvalue weighted by atomic mass is 16.2. The van der Waals surface area contributed by atoms with Gasteiger partial charge in [0.05, 0.1) is 6.04 Å². The largest absolute Gasteiger partial charge is 0.355 e. The van der Waals surface area contributed by atoms with Crippen LogP contribution in [-0.4, -0.2) is 49.1 Å². The number of carbonyl (C=O) groups excluding carboxylic acids is 1. The third-order valence-electron chi connectivity index (χ3n) is 3.67. The van der Waals surface area contributed by atoms with Crippen molar-refractivity contribution in [3.63, 3.8) is 0 Å². The Morgan fingerprint density at radius 2 is 2.40 bits per heavy atom. The van der Waals surface area contributed by atoms with Crippen LogP contribution in [0.2, 0.25) is 0 Å². The fourth-order valence-electron chi connectivity index (χ4n) is 2.69. The maximum Gasteiger partial charge on any atom is 0.237 e. The molecule has 2 fully saturated rings. The topological polar surface area (TPSA) is 44.4 Å². The van der Waals surface area contributed by atoms with Crippen molar-refractivity contribution in [3.05, 3.63) is 0 Å². The van der Waals surface area contributed by atoms with Gasteiger partial charge >= 0.3 is 0 Å². The summed E-state index contributed by atoms with van der Waals surface area (Å²) < 4.78 is 0. The molecule has 2 aliphatic rings. The molecule has 0 saturated carbocycles. The Labute approximate surface area is 91.4 Å². The summed E-state index contributed by atoms with van der Waals surface area (Å²) in [4.78, 5) is 14.0. The van der Waals surface area contributed by atoms with Gasteiger partial charge in [-0.1, -0.05) is 0 Å². The lowest BCUT2D eigenvalue weighted by Gasteiger charge is -2.23. The molecule has 1 amide bonds. The number of likely N-dealkylation sites (tertiary alicyclic amines) is 1. The Morgan fingerprint density at radius 3 is 3.07 bits per heavy atom. The molecule has 0 aromatic rings. The van der Waals surface area contributed by atoms with Gasteiger partial charge in [0.25, 0.3) is 0 Å². The first-order chi connectivity index (χ1) is 7.22. The molecular formula is C11H21N3O. The van der Waals surface area contributed by atoms with E-state index < -0.39 is 0 Å². The van der Waals surface area contributed by atoms with E-state index in [-0.39, 0.29) is 11.9 Å². The maximum absolute atomic E-state index is 11.7.